The van der Waals surface area contributed by atoms with Crippen LogP contribution in [0.3, 0.4) is 0 Å². The summed E-state index contributed by atoms with van der Waals surface area (Å²) in [6.07, 6.45) is 1.24. The number of rotatable bonds is 11. The van der Waals surface area contributed by atoms with Gasteiger partial charge in [0.1, 0.15) is 17.6 Å². The van der Waals surface area contributed by atoms with Gasteiger partial charge < -0.3 is 15.0 Å². The van der Waals surface area contributed by atoms with Gasteiger partial charge in [-0.1, -0.05) is 45.9 Å². The van der Waals surface area contributed by atoms with Gasteiger partial charge in [0.05, 0.1) is 4.47 Å². The normalized spacial score (nSPS) is 12.8. The minimum atomic E-state index is -0.660. The van der Waals surface area contributed by atoms with Crippen LogP contribution in [0.1, 0.15) is 64.5 Å². The van der Waals surface area contributed by atoms with Crippen molar-refractivity contribution in [1.29, 1.82) is 0 Å². The van der Waals surface area contributed by atoms with Crippen molar-refractivity contribution in [2.75, 3.05) is 6.61 Å². The van der Waals surface area contributed by atoms with Crippen LogP contribution in [0.4, 0.5) is 4.39 Å². The third-order valence-electron chi connectivity index (χ3n) is 5.63. The number of nitrogens with zero attached hydrogens (tertiary/aromatic N) is 1. The van der Waals surface area contributed by atoms with E-state index < -0.39 is 6.04 Å². The summed E-state index contributed by atoms with van der Waals surface area (Å²) in [6, 6.07) is 11.1. The van der Waals surface area contributed by atoms with Gasteiger partial charge in [-0.15, -0.1) is 0 Å². The molecular weight excluding hydrogens is 487 g/mol. The molecule has 0 fully saturated rings. The molecule has 0 aliphatic rings. The number of carbonyl (C=O) groups excluding carboxylic acids is 2. The van der Waals surface area contributed by atoms with Crippen LogP contribution in [0.15, 0.2) is 46.9 Å². The highest BCUT2D eigenvalue weighted by atomic mass is 79.9. The fraction of sp³-hybridized carbons (Fsp3) is 0.462. The lowest BCUT2D eigenvalue weighted by molar-refractivity contribution is -0.143. The first kappa shape index (κ1) is 26.8. The average molecular weight is 521 g/mol. The molecular formula is C26H34BrFN2O3. The highest BCUT2D eigenvalue weighted by Crippen LogP contribution is 2.29. The van der Waals surface area contributed by atoms with Gasteiger partial charge in [-0.3, -0.25) is 9.59 Å². The molecule has 0 unspecified atom stereocenters. The molecule has 180 valence electrons. The van der Waals surface area contributed by atoms with Crippen LogP contribution < -0.4 is 10.1 Å². The van der Waals surface area contributed by atoms with E-state index in [0.29, 0.717) is 18.1 Å². The van der Waals surface area contributed by atoms with E-state index in [1.165, 1.54) is 17.0 Å². The van der Waals surface area contributed by atoms with Crippen LogP contribution in [-0.4, -0.2) is 35.4 Å². The third kappa shape index (κ3) is 7.84. The first-order chi connectivity index (χ1) is 15.7. The van der Waals surface area contributed by atoms with Gasteiger partial charge in [0.15, 0.2) is 6.61 Å². The summed E-state index contributed by atoms with van der Waals surface area (Å²) in [5.41, 5.74) is 1.90. The maximum absolute atomic E-state index is 13.4. The van der Waals surface area contributed by atoms with Crippen LogP contribution >= 0.6 is 15.9 Å². The predicted molar refractivity (Wildman–Crippen MR) is 133 cm³/mol. The quantitative estimate of drug-likeness (QED) is 0.406. The molecule has 1 N–H and O–H groups in total. The predicted octanol–water partition coefficient (Wildman–Crippen LogP) is 5.81. The Kier molecular flexibility index (Phi) is 10.4. The molecule has 2 rings (SSSR count). The summed E-state index contributed by atoms with van der Waals surface area (Å²) in [5, 5.41) is 2.97. The van der Waals surface area contributed by atoms with Crippen molar-refractivity contribution in [2.24, 2.45) is 0 Å². The van der Waals surface area contributed by atoms with Gasteiger partial charge in [0.2, 0.25) is 5.91 Å². The number of benzene rings is 2. The topological polar surface area (TPSA) is 58.6 Å². The number of ether oxygens (including phenoxy) is 1. The molecule has 7 heteroatoms. The van der Waals surface area contributed by atoms with Gasteiger partial charge in [-0.05, 0) is 77.0 Å². The largest absolute Gasteiger partial charge is 0.483 e. The van der Waals surface area contributed by atoms with E-state index in [-0.39, 0.29) is 36.8 Å². The number of nitrogens with one attached hydrogen (secondary N) is 1. The number of halogens is 2. The van der Waals surface area contributed by atoms with E-state index in [1.54, 1.807) is 12.1 Å². The zero-order valence-corrected chi connectivity index (χ0v) is 21.6. The highest BCUT2D eigenvalue weighted by molar-refractivity contribution is 9.10. The molecule has 0 heterocycles. The molecule has 0 bridgehead atoms. The van der Waals surface area contributed by atoms with Crippen molar-refractivity contribution in [2.45, 2.75) is 72.0 Å². The lowest BCUT2D eigenvalue weighted by atomic mass is 10.0. The standard InChI is InChI=1S/C26H34BrFN2O3/c1-6-18(5)29-26(32)23(7-2)30(15-19-8-11-21(28)12-9-19)25(31)16-33-24-13-10-20(17(3)4)14-22(24)27/h8-14,17-18,23H,6-7,15-16H2,1-5H3,(H,29,32)/t18-,23-/m0/s1. The van der Waals surface area contributed by atoms with Crippen LogP contribution in [-0.2, 0) is 16.1 Å². The van der Waals surface area contributed by atoms with Crippen LogP contribution in [0, 0.1) is 5.82 Å². The van der Waals surface area contributed by atoms with E-state index in [1.807, 2.05) is 39.0 Å². The second kappa shape index (κ2) is 12.7. The molecule has 0 saturated carbocycles. The second-order valence-electron chi connectivity index (χ2n) is 8.52. The molecule has 0 spiro atoms. The molecule has 2 aromatic rings. The molecule has 2 amide bonds. The van der Waals surface area contributed by atoms with Crippen molar-refractivity contribution < 1.29 is 18.7 Å². The molecule has 2 atom stereocenters. The van der Waals surface area contributed by atoms with Gasteiger partial charge >= 0.3 is 0 Å². The van der Waals surface area contributed by atoms with Crippen molar-refractivity contribution in [3.05, 3.63) is 63.9 Å². The molecule has 2 aromatic carbocycles. The van der Waals surface area contributed by atoms with Crippen LogP contribution in [0.25, 0.3) is 0 Å². The van der Waals surface area contributed by atoms with Crippen molar-refractivity contribution in [3.8, 4) is 5.75 Å². The number of hydrogen-bond acceptors (Lipinski definition) is 3. The minimum Gasteiger partial charge on any atom is -0.483 e. The van der Waals surface area contributed by atoms with Crippen LogP contribution in [0.5, 0.6) is 5.75 Å². The average Bonchev–Trinajstić information content (AvgIpc) is 2.78. The van der Waals surface area contributed by atoms with Gasteiger partial charge in [0.25, 0.3) is 5.91 Å². The van der Waals surface area contributed by atoms with Gasteiger partial charge in [-0.25, -0.2) is 4.39 Å². The fourth-order valence-electron chi connectivity index (χ4n) is 3.36. The van der Waals surface area contributed by atoms with Crippen LogP contribution in [0.2, 0.25) is 0 Å². The lowest BCUT2D eigenvalue weighted by Gasteiger charge is -2.31. The van der Waals surface area contributed by atoms with E-state index in [0.717, 1.165) is 22.0 Å². The Morgan fingerprint density at radius 2 is 1.73 bits per heavy atom. The Hall–Kier alpha value is -2.41. The Labute approximate surface area is 204 Å². The summed E-state index contributed by atoms with van der Waals surface area (Å²) < 4.78 is 20.0. The van der Waals surface area contributed by atoms with Crippen molar-refractivity contribution in [3.63, 3.8) is 0 Å². The number of amides is 2. The lowest BCUT2D eigenvalue weighted by Crippen LogP contribution is -2.51. The molecule has 0 aromatic heterocycles. The zero-order valence-electron chi connectivity index (χ0n) is 20.0. The van der Waals surface area contributed by atoms with Gasteiger partial charge in [0, 0.05) is 12.6 Å². The smallest absolute Gasteiger partial charge is 0.261 e. The van der Waals surface area contributed by atoms with E-state index in [4.69, 9.17) is 4.74 Å². The molecule has 33 heavy (non-hydrogen) atoms. The van der Waals surface area contributed by atoms with Crippen molar-refractivity contribution in [1.82, 2.24) is 10.2 Å². The summed E-state index contributed by atoms with van der Waals surface area (Å²) >= 11 is 3.51. The van der Waals surface area contributed by atoms with Crippen molar-refractivity contribution >= 4 is 27.7 Å². The zero-order chi connectivity index (χ0) is 24.5. The highest BCUT2D eigenvalue weighted by Gasteiger charge is 2.29. The minimum absolute atomic E-state index is 0.000926. The molecule has 0 aliphatic heterocycles. The summed E-state index contributed by atoms with van der Waals surface area (Å²) in [4.78, 5) is 27.7. The number of hydrogen-bond donors (Lipinski definition) is 1. The molecule has 0 radical (unpaired) electrons. The SMILES string of the molecule is CC[C@H](C)NC(=O)[C@H](CC)N(Cc1ccc(F)cc1)C(=O)COc1ccc(C(C)C)cc1Br. The third-order valence-corrected chi connectivity index (χ3v) is 6.25. The van der Waals surface area contributed by atoms with E-state index >= 15 is 0 Å². The first-order valence-corrected chi connectivity index (χ1v) is 12.2. The second-order valence-corrected chi connectivity index (χ2v) is 9.38. The molecule has 0 aliphatic carbocycles. The Morgan fingerprint density at radius 1 is 1.06 bits per heavy atom. The summed E-state index contributed by atoms with van der Waals surface area (Å²) in [7, 11) is 0. The monoisotopic (exact) mass is 520 g/mol. The summed E-state index contributed by atoms with van der Waals surface area (Å²) in [6.45, 7) is 9.97. The Bertz CT molecular complexity index is 934. The van der Waals surface area contributed by atoms with E-state index in [2.05, 4.69) is 35.1 Å². The Balaban J connectivity index is 2.22. The number of carbonyl (C=O) groups is 2. The maximum atomic E-state index is 13.4. The van der Waals surface area contributed by atoms with E-state index in [9.17, 15) is 14.0 Å². The Morgan fingerprint density at radius 3 is 2.27 bits per heavy atom. The summed E-state index contributed by atoms with van der Waals surface area (Å²) in [5.74, 6) is 0.0652. The first-order valence-electron chi connectivity index (χ1n) is 11.4. The van der Waals surface area contributed by atoms with Gasteiger partial charge in [-0.2, -0.15) is 0 Å². The fourth-order valence-corrected chi connectivity index (χ4v) is 3.87. The maximum Gasteiger partial charge on any atom is 0.261 e. The molecule has 0 saturated heterocycles. The molecule has 5 nitrogen and oxygen atoms in total.